The van der Waals surface area contributed by atoms with E-state index in [1.807, 2.05) is 54.6 Å². The molecule has 0 radical (unpaired) electrons. The normalized spacial score (nSPS) is 13.7. The van der Waals surface area contributed by atoms with E-state index >= 15 is 0 Å². The first-order valence-electron chi connectivity index (χ1n) is 10.1. The highest BCUT2D eigenvalue weighted by Gasteiger charge is 2.20. The molecule has 0 aromatic heterocycles. The van der Waals surface area contributed by atoms with Crippen molar-refractivity contribution in [2.75, 3.05) is 13.1 Å². The molecule has 7 heteroatoms. The van der Waals surface area contributed by atoms with Crippen molar-refractivity contribution in [3.63, 3.8) is 0 Å². The first-order chi connectivity index (χ1) is 15.2. The van der Waals surface area contributed by atoms with Gasteiger partial charge >= 0.3 is 0 Å². The lowest BCUT2D eigenvalue weighted by Gasteiger charge is -2.21. The number of hydrogen-bond donors (Lipinski definition) is 1. The van der Waals surface area contributed by atoms with E-state index in [9.17, 15) is 10.1 Å². The zero-order valence-corrected chi connectivity index (χ0v) is 16.9. The molecule has 1 heterocycles. The Morgan fingerprint density at radius 1 is 0.968 bits per heavy atom. The smallest absolute Gasteiger partial charge is 0.269 e. The van der Waals surface area contributed by atoms with E-state index in [0.29, 0.717) is 17.9 Å². The van der Waals surface area contributed by atoms with Crippen molar-refractivity contribution < 1.29 is 14.4 Å². The number of benzene rings is 3. The molecule has 1 aliphatic rings. The summed E-state index contributed by atoms with van der Waals surface area (Å²) in [4.78, 5) is 14.9. The van der Waals surface area contributed by atoms with Crippen molar-refractivity contribution in [2.24, 2.45) is 4.99 Å². The number of nitrogens with one attached hydrogen (secondary N) is 1. The summed E-state index contributed by atoms with van der Waals surface area (Å²) >= 11 is 0. The summed E-state index contributed by atoms with van der Waals surface area (Å²) in [6, 6.07) is 23.9. The SMILES string of the molecule is O=[N+]([O-])c1ccc(COc2ccccc2OC(CC2=NCCN2)c2ccccc2)cc1. The molecule has 158 valence electrons. The van der Waals surface area contributed by atoms with Crippen LogP contribution in [0.3, 0.4) is 0 Å². The van der Waals surface area contributed by atoms with Gasteiger partial charge in [-0.25, -0.2) is 0 Å². The van der Waals surface area contributed by atoms with Crippen molar-refractivity contribution in [1.29, 1.82) is 0 Å². The van der Waals surface area contributed by atoms with Gasteiger partial charge in [0.1, 0.15) is 18.5 Å². The highest BCUT2D eigenvalue weighted by molar-refractivity contribution is 5.84. The number of nitro benzene ring substituents is 1. The average Bonchev–Trinajstić information content (AvgIpc) is 3.32. The van der Waals surface area contributed by atoms with Gasteiger partial charge in [-0.2, -0.15) is 0 Å². The quantitative estimate of drug-likeness (QED) is 0.403. The van der Waals surface area contributed by atoms with Crippen LogP contribution in [0.15, 0.2) is 83.9 Å². The summed E-state index contributed by atoms with van der Waals surface area (Å²) in [6.07, 6.45) is 0.426. The van der Waals surface area contributed by atoms with Crippen LogP contribution < -0.4 is 14.8 Å². The van der Waals surface area contributed by atoms with Crippen LogP contribution in [0.1, 0.15) is 23.7 Å². The number of aliphatic imine (C=N–C) groups is 1. The predicted octanol–water partition coefficient (Wildman–Crippen LogP) is 4.69. The number of ether oxygens (including phenoxy) is 2. The molecule has 1 N–H and O–H groups in total. The Hall–Kier alpha value is -3.87. The summed E-state index contributed by atoms with van der Waals surface area (Å²) in [5, 5.41) is 14.1. The van der Waals surface area contributed by atoms with Gasteiger partial charge in [0.05, 0.1) is 11.5 Å². The lowest BCUT2D eigenvalue weighted by atomic mass is 10.1. The largest absolute Gasteiger partial charge is 0.485 e. The first kappa shape index (κ1) is 20.4. The zero-order chi connectivity index (χ0) is 21.5. The first-order valence-corrected chi connectivity index (χ1v) is 10.1. The van der Waals surface area contributed by atoms with Crippen LogP contribution >= 0.6 is 0 Å². The molecule has 1 atom stereocenters. The Morgan fingerprint density at radius 2 is 1.68 bits per heavy atom. The van der Waals surface area contributed by atoms with E-state index in [-0.39, 0.29) is 18.4 Å². The molecule has 3 aromatic rings. The van der Waals surface area contributed by atoms with E-state index in [1.165, 1.54) is 12.1 Å². The lowest BCUT2D eigenvalue weighted by Crippen LogP contribution is -2.23. The molecular formula is C24H23N3O4. The number of non-ortho nitro benzene ring substituents is 1. The van der Waals surface area contributed by atoms with Crippen LogP contribution in [0.5, 0.6) is 11.5 Å². The van der Waals surface area contributed by atoms with Crippen molar-refractivity contribution >= 4 is 11.5 Å². The fourth-order valence-electron chi connectivity index (χ4n) is 3.35. The molecule has 0 fully saturated rings. The molecule has 31 heavy (non-hydrogen) atoms. The zero-order valence-electron chi connectivity index (χ0n) is 16.9. The molecule has 4 rings (SSSR count). The third kappa shape index (κ3) is 5.39. The van der Waals surface area contributed by atoms with E-state index in [2.05, 4.69) is 10.3 Å². The number of nitro groups is 1. The maximum atomic E-state index is 10.8. The maximum Gasteiger partial charge on any atom is 0.269 e. The third-order valence-electron chi connectivity index (χ3n) is 4.95. The van der Waals surface area contributed by atoms with Gasteiger partial charge < -0.3 is 14.8 Å². The van der Waals surface area contributed by atoms with E-state index in [0.717, 1.165) is 30.1 Å². The van der Waals surface area contributed by atoms with Gasteiger partial charge in [0, 0.05) is 25.1 Å². The Bertz CT molecular complexity index is 1050. The number of hydrogen-bond acceptors (Lipinski definition) is 6. The maximum absolute atomic E-state index is 10.8. The monoisotopic (exact) mass is 417 g/mol. The second-order valence-electron chi connectivity index (χ2n) is 7.14. The third-order valence-corrected chi connectivity index (χ3v) is 4.95. The Balaban J connectivity index is 1.49. The highest BCUT2D eigenvalue weighted by atomic mass is 16.6. The van der Waals surface area contributed by atoms with Gasteiger partial charge in [-0.15, -0.1) is 0 Å². The fraction of sp³-hybridized carbons (Fsp3) is 0.208. The molecule has 0 bridgehead atoms. The van der Waals surface area contributed by atoms with Gasteiger partial charge in [0.15, 0.2) is 11.5 Å². The van der Waals surface area contributed by atoms with Crippen LogP contribution in [-0.4, -0.2) is 23.8 Å². The molecule has 7 nitrogen and oxygen atoms in total. The number of nitrogens with zero attached hydrogens (tertiary/aromatic N) is 2. The van der Waals surface area contributed by atoms with Crippen LogP contribution in [0.4, 0.5) is 5.69 Å². The number of para-hydroxylation sites is 2. The minimum absolute atomic E-state index is 0.0571. The second kappa shape index (κ2) is 9.75. The Morgan fingerprint density at radius 3 is 2.35 bits per heavy atom. The molecular weight excluding hydrogens is 394 g/mol. The van der Waals surface area contributed by atoms with Crippen molar-refractivity contribution in [2.45, 2.75) is 19.1 Å². The summed E-state index contributed by atoms with van der Waals surface area (Å²) in [5.74, 6) is 2.19. The molecule has 3 aromatic carbocycles. The molecule has 0 spiro atoms. The van der Waals surface area contributed by atoms with Gasteiger partial charge in [-0.3, -0.25) is 15.1 Å². The molecule has 0 saturated carbocycles. The minimum Gasteiger partial charge on any atom is -0.485 e. The number of amidine groups is 1. The fourth-order valence-corrected chi connectivity index (χ4v) is 3.35. The van der Waals surface area contributed by atoms with Crippen LogP contribution in [-0.2, 0) is 6.61 Å². The molecule has 0 saturated heterocycles. The summed E-state index contributed by atoms with van der Waals surface area (Å²) in [6.45, 7) is 1.92. The standard InChI is InChI=1S/C24H23N3O4/c28-27(29)20-12-10-18(11-13-20)17-30-21-8-4-5-9-22(21)31-23(16-24-25-14-15-26-24)19-6-2-1-3-7-19/h1-13,23H,14-17H2,(H,25,26). The van der Waals surface area contributed by atoms with Crippen molar-refractivity contribution in [3.8, 4) is 11.5 Å². The summed E-state index contributed by atoms with van der Waals surface area (Å²) < 4.78 is 12.4. The highest BCUT2D eigenvalue weighted by Crippen LogP contribution is 2.33. The van der Waals surface area contributed by atoms with Crippen LogP contribution in [0.2, 0.25) is 0 Å². The predicted molar refractivity (Wildman–Crippen MR) is 119 cm³/mol. The summed E-state index contributed by atoms with van der Waals surface area (Å²) in [5.41, 5.74) is 1.95. The van der Waals surface area contributed by atoms with Crippen LogP contribution in [0.25, 0.3) is 0 Å². The lowest BCUT2D eigenvalue weighted by molar-refractivity contribution is -0.384. The van der Waals surface area contributed by atoms with Gasteiger partial charge in [0.2, 0.25) is 0 Å². The molecule has 0 amide bonds. The van der Waals surface area contributed by atoms with Gasteiger partial charge in [-0.05, 0) is 35.4 Å². The summed E-state index contributed by atoms with van der Waals surface area (Å²) in [7, 11) is 0. The van der Waals surface area contributed by atoms with E-state index in [1.54, 1.807) is 12.1 Å². The minimum atomic E-state index is -0.416. The van der Waals surface area contributed by atoms with Crippen molar-refractivity contribution in [3.05, 3.63) is 100 Å². The van der Waals surface area contributed by atoms with E-state index < -0.39 is 4.92 Å². The van der Waals surface area contributed by atoms with Crippen LogP contribution in [0, 0.1) is 10.1 Å². The van der Waals surface area contributed by atoms with Crippen molar-refractivity contribution in [1.82, 2.24) is 5.32 Å². The molecule has 0 aliphatic carbocycles. The molecule has 1 unspecified atom stereocenters. The van der Waals surface area contributed by atoms with E-state index in [4.69, 9.17) is 9.47 Å². The van der Waals surface area contributed by atoms with Gasteiger partial charge in [-0.1, -0.05) is 42.5 Å². The number of rotatable bonds is 9. The second-order valence-corrected chi connectivity index (χ2v) is 7.14. The topological polar surface area (TPSA) is 86.0 Å². The van der Waals surface area contributed by atoms with Gasteiger partial charge in [0.25, 0.3) is 5.69 Å². The average molecular weight is 417 g/mol. The Labute approximate surface area is 180 Å². The molecule has 1 aliphatic heterocycles. The Kier molecular flexibility index (Phi) is 6.42.